The van der Waals surface area contributed by atoms with Gasteiger partial charge in [-0.05, 0) is 114 Å². The Morgan fingerprint density at radius 3 is 1.76 bits per heavy atom. The molecular weight excluding hydrogens is 877 g/mol. The molecule has 0 radical (unpaired) electrons. The second-order valence-electron chi connectivity index (χ2n) is 15.1. The van der Waals surface area contributed by atoms with Gasteiger partial charge < -0.3 is 45.9 Å². The van der Waals surface area contributed by atoms with E-state index >= 15 is 0 Å². The second kappa shape index (κ2) is 26.5. The third kappa shape index (κ3) is 18.0. The van der Waals surface area contributed by atoms with Crippen molar-refractivity contribution in [2.24, 2.45) is 22.0 Å². The van der Waals surface area contributed by atoms with Crippen LogP contribution in [0, 0.1) is 15.7 Å². The number of benzene rings is 3. The number of nitrogens with zero attached hydrogens (tertiary/aromatic N) is 3. The molecule has 0 saturated carbocycles. The normalized spacial score (nSPS) is 12.6. The van der Waals surface area contributed by atoms with E-state index in [1.807, 2.05) is 0 Å². The topological polar surface area (TPSA) is 310 Å². The fourth-order valence-corrected chi connectivity index (χ4v) is 6.17. The highest BCUT2D eigenvalue weighted by Crippen LogP contribution is 2.21. The van der Waals surface area contributed by atoms with E-state index in [0.717, 1.165) is 4.90 Å². The summed E-state index contributed by atoms with van der Waals surface area (Å²) in [6.45, 7) is 2.96. The van der Waals surface area contributed by atoms with Crippen molar-refractivity contribution < 1.29 is 57.3 Å². The van der Waals surface area contributed by atoms with Gasteiger partial charge in [0.25, 0.3) is 11.8 Å². The van der Waals surface area contributed by atoms with Gasteiger partial charge in [-0.25, -0.2) is 14.4 Å². The highest BCUT2D eigenvalue weighted by Gasteiger charge is 2.29. The van der Waals surface area contributed by atoms with Crippen molar-refractivity contribution in [3.05, 3.63) is 106 Å². The number of ether oxygens (including phenoxy) is 4. The number of imide groups is 1. The second-order valence-corrected chi connectivity index (χ2v) is 15.1. The van der Waals surface area contributed by atoms with Gasteiger partial charge in [0.2, 0.25) is 17.7 Å². The summed E-state index contributed by atoms with van der Waals surface area (Å²) >= 11 is 0. The molecule has 7 amide bonds. The van der Waals surface area contributed by atoms with Crippen LogP contribution >= 0.6 is 0 Å². The molecule has 22 nitrogen and oxygen atoms in total. The summed E-state index contributed by atoms with van der Waals surface area (Å²) in [6, 6.07) is 14.1. The first-order valence-corrected chi connectivity index (χ1v) is 21.0. The van der Waals surface area contributed by atoms with Gasteiger partial charge >= 0.3 is 18.3 Å². The summed E-state index contributed by atoms with van der Waals surface area (Å²) < 4.78 is 20.8. The molecule has 0 aromatic heterocycles. The molecule has 1 heterocycles. The molecule has 0 spiro atoms. The number of rotatable bonds is 25. The van der Waals surface area contributed by atoms with Crippen LogP contribution in [0.25, 0.3) is 6.08 Å². The molecule has 1 aliphatic rings. The van der Waals surface area contributed by atoms with Crippen LogP contribution in [0.3, 0.4) is 0 Å². The van der Waals surface area contributed by atoms with Gasteiger partial charge in [-0.15, -0.1) is 9.81 Å². The molecule has 3 aromatic rings. The van der Waals surface area contributed by atoms with Crippen molar-refractivity contribution in [1.29, 1.82) is 0 Å². The van der Waals surface area contributed by atoms with Crippen molar-refractivity contribution in [2.75, 3.05) is 31.6 Å². The zero-order valence-corrected chi connectivity index (χ0v) is 36.6. The third-order valence-electron chi connectivity index (χ3n) is 9.64. The number of primary amides is 1. The zero-order valence-electron chi connectivity index (χ0n) is 36.6. The SMILES string of the molecule is CC(C)[C@H](NC(=O)CCCCCN1C(=O)C=CC1=O)C(=O)N[C@@H](CCCNC(N)=O)C(=O)Nc1ccc(C=C(COC(=O)Oc2ccc(N=O)cc2)COC(=O)Oc2ccc(N=O)cc2)cc1. The van der Waals surface area contributed by atoms with E-state index < -0.39 is 61.4 Å². The third-order valence-corrected chi connectivity index (χ3v) is 9.64. The number of carbonyl (C=O) groups is 8. The van der Waals surface area contributed by atoms with Gasteiger partial charge in [0, 0.05) is 42.9 Å². The zero-order chi connectivity index (χ0) is 48.7. The molecule has 2 atom stereocenters. The first-order chi connectivity index (χ1) is 32.1. The van der Waals surface area contributed by atoms with Crippen LogP contribution in [0.4, 0.5) is 31.4 Å². The van der Waals surface area contributed by atoms with Crippen molar-refractivity contribution >= 4 is 71.0 Å². The lowest BCUT2D eigenvalue weighted by molar-refractivity contribution is -0.137. The first kappa shape index (κ1) is 51.3. The number of carbonyl (C=O) groups excluding carboxylic acids is 8. The molecule has 22 heteroatoms. The molecule has 0 bridgehead atoms. The maximum Gasteiger partial charge on any atom is 0.514 e. The monoisotopic (exact) mass is 926 g/mol. The Hall–Kier alpha value is -8.30. The quantitative estimate of drug-likeness (QED) is 0.0221. The molecule has 0 aliphatic carbocycles. The number of urea groups is 1. The van der Waals surface area contributed by atoms with E-state index in [9.17, 15) is 48.2 Å². The Bertz CT molecular complexity index is 2230. The molecule has 0 saturated heterocycles. The number of anilines is 1. The lowest BCUT2D eigenvalue weighted by atomic mass is 10.0. The highest BCUT2D eigenvalue weighted by atomic mass is 16.7. The molecule has 67 heavy (non-hydrogen) atoms. The number of amides is 7. The highest BCUT2D eigenvalue weighted by molar-refractivity contribution is 6.12. The molecule has 4 rings (SSSR count). The minimum Gasteiger partial charge on any atom is -0.429 e. The van der Waals surface area contributed by atoms with Gasteiger partial charge in [0.05, 0.1) is 0 Å². The fourth-order valence-electron chi connectivity index (χ4n) is 6.17. The van der Waals surface area contributed by atoms with E-state index in [4.69, 9.17) is 24.7 Å². The van der Waals surface area contributed by atoms with E-state index in [0.29, 0.717) is 30.5 Å². The Morgan fingerprint density at radius 2 is 1.25 bits per heavy atom. The predicted molar refractivity (Wildman–Crippen MR) is 241 cm³/mol. The van der Waals surface area contributed by atoms with Crippen LogP contribution in [0.5, 0.6) is 11.5 Å². The molecule has 0 unspecified atom stereocenters. The van der Waals surface area contributed by atoms with Gasteiger partial charge in [0.15, 0.2) is 0 Å². The number of nitrogens with two attached hydrogens (primary N) is 1. The lowest BCUT2D eigenvalue weighted by Crippen LogP contribution is -2.54. The largest absolute Gasteiger partial charge is 0.514 e. The minimum absolute atomic E-state index is 0.0678. The number of nitroso groups, excluding NO2 is 2. The van der Waals surface area contributed by atoms with Gasteiger partial charge in [-0.3, -0.25) is 28.9 Å². The maximum atomic E-state index is 13.7. The summed E-state index contributed by atoms with van der Waals surface area (Å²) in [4.78, 5) is 123. The summed E-state index contributed by atoms with van der Waals surface area (Å²) in [5, 5.41) is 16.2. The minimum atomic E-state index is -1.12. The summed E-state index contributed by atoms with van der Waals surface area (Å²) in [6.07, 6.45) is 3.62. The predicted octanol–water partition coefficient (Wildman–Crippen LogP) is 5.80. The van der Waals surface area contributed by atoms with E-state index in [2.05, 4.69) is 31.6 Å². The fraction of sp³-hybridized carbons (Fsp3) is 0.333. The molecule has 6 N–H and O–H groups in total. The van der Waals surface area contributed by atoms with Crippen molar-refractivity contribution in [3.63, 3.8) is 0 Å². The summed E-state index contributed by atoms with van der Waals surface area (Å²) in [5.41, 5.74) is 6.48. The maximum absolute atomic E-state index is 13.7. The van der Waals surface area contributed by atoms with Gasteiger partial charge in [-0.1, -0.05) is 32.4 Å². The summed E-state index contributed by atoms with van der Waals surface area (Å²) in [5.74, 6) is -2.61. The Labute approximate surface area is 383 Å². The number of hydrogen-bond acceptors (Lipinski definition) is 16. The first-order valence-electron chi connectivity index (χ1n) is 21.0. The molecule has 0 fully saturated rings. The van der Waals surface area contributed by atoms with E-state index in [1.54, 1.807) is 38.1 Å². The van der Waals surface area contributed by atoms with Gasteiger partial charge in [-0.2, -0.15) is 0 Å². The Morgan fingerprint density at radius 1 is 0.701 bits per heavy atom. The van der Waals surface area contributed by atoms with Crippen LogP contribution in [-0.2, 0) is 33.4 Å². The Kier molecular flexibility index (Phi) is 20.3. The van der Waals surface area contributed by atoms with E-state index in [1.165, 1.54) is 66.8 Å². The van der Waals surface area contributed by atoms with Crippen LogP contribution in [0.1, 0.15) is 57.9 Å². The van der Waals surface area contributed by atoms with Gasteiger partial charge in [0.1, 0.15) is 48.2 Å². The smallest absolute Gasteiger partial charge is 0.429 e. The standard InChI is InChI=1S/C45H50N8O14/c1-28(2)40(50-37(54)8-4-3-5-24-53-38(55)21-22-39(53)56)42(58)49-36(7-6-23-47-43(46)59)41(57)48-31-11-9-29(10-12-31)25-30(26-64-44(60)66-34-17-13-32(51-62)14-18-34)27-65-45(61)67-35-19-15-33(52-63)16-20-35/h9-22,25,28,36,40H,3-8,23-24,26-27H2,1-2H3,(H,48,57)(H,49,58)(H,50,54)(H3,46,47,59)/t36-,40-/m0/s1. The number of hydrogen-bond donors (Lipinski definition) is 5. The number of unbranched alkanes of at least 4 members (excludes halogenated alkanes) is 2. The Balaban J connectivity index is 1.39. The summed E-state index contributed by atoms with van der Waals surface area (Å²) in [7, 11) is 0. The molecular formula is C45H50N8O14. The van der Waals surface area contributed by atoms with Crippen LogP contribution in [-0.4, -0.2) is 91.2 Å². The van der Waals surface area contributed by atoms with Crippen molar-refractivity contribution in [1.82, 2.24) is 20.9 Å². The number of nitrogens with one attached hydrogen (secondary N) is 4. The molecule has 354 valence electrons. The molecule has 3 aromatic carbocycles. The molecule has 1 aliphatic heterocycles. The van der Waals surface area contributed by atoms with E-state index in [-0.39, 0.29) is 78.5 Å². The van der Waals surface area contributed by atoms with Crippen molar-refractivity contribution in [2.45, 2.75) is 64.5 Å². The van der Waals surface area contributed by atoms with Crippen LogP contribution in [0.2, 0.25) is 0 Å². The lowest BCUT2D eigenvalue weighted by Gasteiger charge is -2.25. The average molecular weight is 927 g/mol. The average Bonchev–Trinajstić information content (AvgIpc) is 3.63. The van der Waals surface area contributed by atoms with Crippen LogP contribution in [0.15, 0.2) is 101 Å². The van der Waals surface area contributed by atoms with Crippen LogP contribution < -0.4 is 36.5 Å². The van der Waals surface area contributed by atoms with Crippen molar-refractivity contribution in [3.8, 4) is 11.5 Å².